The molecule has 6 nitrogen and oxygen atoms in total. The summed E-state index contributed by atoms with van der Waals surface area (Å²) in [5.41, 5.74) is 1.99. The van der Waals surface area contributed by atoms with E-state index in [1.165, 1.54) is 0 Å². The van der Waals surface area contributed by atoms with E-state index in [1.54, 1.807) is 55.0 Å². The largest absolute Gasteiger partial charge is 3.00 e. The van der Waals surface area contributed by atoms with Gasteiger partial charge in [-0.05, 0) is 36.4 Å². The van der Waals surface area contributed by atoms with Crippen LogP contribution in [0.25, 0.3) is 32.7 Å². The van der Waals surface area contributed by atoms with E-state index in [-0.39, 0.29) is 43.1 Å². The SMILES string of the molecule is Oc1cccc2cccnc12.Oc1cccc2cccnc12.Oc1cccc2cccnc12.[Sc+3]. The smallest absolute Gasteiger partial charge is 0.506 e. The Morgan fingerprint density at radius 3 is 0.912 bits per heavy atom. The van der Waals surface area contributed by atoms with Gasteiger partial charge in [0.15, 0.2) is 0 Å². The van der Waals surface area contributed by atoms with Crippen LogP contribution in [0, 0.1) is 0 Å². The Hall–Kier alpha value is -3.84. The molecule has 3 heterocycles. The first-order chi connectivity index (χ1) is 16.1. The molecule has 0 radical (unpaired) electrons. The van der Waals surface area contributed by atoms with E-state index in [2.05, 4.69) is 15.0 Å². The molecule has 0 fully saturated rings. The standard InChI is InChI=1S/3C9H7NO.Sc/c3*11-8-5-1-3-7-4-2-6-10-9(7)8;/h3*1-6,11H;/q;;;+3. The van der Waals surface area contributed by atoms with E-state index in [0.717, 1.165) is 16.2 Å². The number of benzene rings is 3. The van der Waals surface area contributed by atoms with Crippen molar-refractivity contribution in [3.05, 3.63) is 110 Å². The number of pyridine rings is 3. The predicted molar refractivity (Wildman–Crippen MR) is 130 cm³/mol. The zero-order chi connectivity index (χ0) is 23.0. The van der Waals surface area contributed by atoms with Crippen LogP contribution in [0.15, 0.2) is 110 Å². The third kappa shape index (κ3) is 5.94. The Morgan fingerprint density at radius 2 is 0.647 bits per heavy atom. The molecule has 34 heavy (non-hydrogen) atoms. The molecule has 3 aromatic heterocycles. The first-order valence-corrected chi connectivity index (χ1v) is 10.2. The number of phenolic OH excluding ortho intramolecular Hbond substituents is 3. The van der Waals surface area contributed by atoms with Gasteiger partial charge in [0.1, 0.15) is 33.8 Å². The fourth-order valence-corrected chi connectivity index (χ4v) is 3.26. The average molecular weight is 480 g/mol. The van der Waals surface area contributed by atoms with E-state index < -0.39 is 0 Å². The molecule has 0 saturated heterocycles. The van der Waals surface area contributed by atoms with Crippen LogP contribution in [-0.4, -0.2) is 30.3 Å². The van der Waals surface area contributed by atoms with Crippen LogP contribution in [0.4, 0.5) is 0 Å². The Kier molecular flexibility index (Phi) is 8.65. The van der Waals surface area contributed by atoms with Crippen LogP contribution < -0.4 is 0 Å². The molecule has 0 unspecified atom stereocenters. The van der Waals surface area contributed by atoms with Crippen LogP contribution in [0.5, 0.6) is 17.2 Å². The van der Waals surface area contributed by atoms with E-state index >= 15 is 0 Å². The Balaban J connectivity index is 0.000000141. The second-order valence-corrected chi connectivity index (χ2v) is 7.06. The molecule has 0 amide bonds. The predicted octanol–water partition coefficient (Wildman–Crippen LogP) is 5.82. The molecule has 3 N–H and O–H groups in total. The molecule has 162 valence electrons. The summed E-state index contributed by atoms with van der Waals surface area (Å²) in [6.45, 7) is 0. The molecule has 0 saturated carbocycles. The number of rotatable bonds is 0. The van der Waals surface area contributed by atoms with E-state index in [9.17, 15) is 15.3 Å². The van der Waals surface area contributed by atoms with Crippen molar-refractivity contribution in [2.75, 3.05) is 0 Å². The number of para-hydroxylation sites is 3. The molecule has 7 heteroatoms. The number of phenols is 3. The number of hydrogen-bond donors (Lipinski definition) is 3. The van der Waals surface area contributed by atoms with Gasteiger partial charge in [0.2, 0.25) is 0 Å². The Bertz CT molecular complexity index is 1330. The van der Waals surface area contributed by atoms with Crippen molar-refractivity contribution in [1.29, 1.82) is 0 Å². The quantitative estimate of drug-likeness (QED) is 0.253. The summed E-state index contributed by atoms with van der Waals surface area (Å²) in [5, 5.41) is 30.8. The number of nitrogens with zero attached hydrogens (tertiary/aromatic N) is 3. The number of hydrogen-bond acceptors (Lipinski definition) is 6. The maximum absolute atomic E-state index is 9.31. The molecule has 6 rings (SSSR count). The Labute approximate surface area is 215 Å². The van der Waals surface area contributed by atoms with Gasteiger partial charge in [-0.1, -0.05) is 54.6 Å². The minimum atomic E-state index is 0. The summed E-state index contributed by atoms with van der Waals surface area (Å²) >= 11 is 0. The van der Waals surface area contributed by atoms with Crippen LogP contribution in [0.2, 0.25) is 0 Å². The normalized spacial score (nSPS) is 9.88. The minimum absolute atomic E-state index is 0. The molecule has 0 aliphatic heterocycles. The monoisotopic (exact) mass is 480 g/mol. The minimum Gasteiger partial charge on any atom is -0.506 e. The molecule has 6 aromatic rings. The van der Waals surface area contributed by atoms with Crippen LogP contribution in [0.3, 0.4) is 0 Å². The second-order valence-electron chi connectivity index (χ2n) is 7.06. The van der Waals surface area contributed by atoms with E-state index in [0.29, 0.717) is 16.6 Å². The summed E-state index contributed by atoms with van der Waals surface area (Å²) in [6, 6.07) is 27.4. The zero-order valence-electron chi connectivity index (χ0n) is 18.2. The van der Waals surface area contributed by atoms with Crippen LogP contribution >= 0.6 is 0 Å². The van der Waals surface area contributed by atoms with Crippen molar-refractivity contribution in [2.45, 2.75) is 0 Å². The van der Waals surface area contributed by atoms with Crippen molar-refractivity contribution in [1.82, 2.24) is 15.0 Å². The summed E-state index contributed by atoms with van der Waals surface area (Å²) in [7, 11) is 0. The van der Waals surface area contributed by atoms with Gasteiger partial charge < -0.3 is 15.3 Å². The van der Waals surface area contributed by atoms with Gasteiger partial charge in [0.25, 0.3) is 0 Å². The van der Waals surface area contributed by atoms with Gasteiger partial charge in [-0.25, -0.2) is 0 Å². The molecular weight excluding hydrogens is 459 g/mol. The van der Waals surface area contributed by atoms with Gasteiger partial charge in [0, 0.05) is 34.7 Å². The Morgan fingerprint density at radius 1 is 0.382 bits per heavy atom. The van der Waals surface area contributed by atoms with Crippen molar-refractivity contribution >= 4 is 32.7 Å². The fourth-order valence-electron chi connectivity index (χ4n) is 3.26. The topological polar surface area (TPSA) is 99.4 Å². The van der Waals surface area contributed by atoms with Crippen molar-refractivity contribution in [3.63, 3.8) is 0 Å². The first kappa shape index (κ1) is 24.8. The first-order valence-electron chi connectivity index (χ1n) is 10.2. The van der Waals surface area contributed by atoms with Gasteiger partial charge in [-0.3, -0.25) is 15.0 Å². The van der Waals surface area contributed by atoms with E-state index in [4.69, 9.17) is 0 Å². The average Bonchev–Trinajstić information content (AvgIpc) is 2.86. The van der Waals surface area contributed by atoms with Gasteiger partial charge >= 0.3 is 25.8 Å². The van der Waals surface area contributed by atoms with Crippen molar-refractivity contribution < 1.29 is 41.2 Å². The number of aromatic hydroxyl groups is 3. The third-order valence-corrected chi connectivity index (χ3v) is 4.83. The molecule has 3 aromatic carbocycles. The van der Waals surface area contributed by atoms with Crippen molar-refractivity contribution in [3.8, 4) is 17.2 Å². The van der Waals surface area contributed by atoms with Gasteiger partial charge in [-0.2, -0.15) is 0 Å². The maximum atomic E-state index is 9.31. The van der Waals surface area contributed by atoms with Crippen LogP contribution in [-0.2, 0) is 25.8 Å². The molecule has 0 bridgehead atoms. The number of aromatic nitrogens is 3. The molecular formula is C27H21N3O3Sc+3. The third-order valence-electron chi connectivity index (χ3n) is 4.83. The zero-order valence-corrected chi connectivity index (χ0v) is 20.0. The summed E-state index contributed by atoms with van der Waals surface area (Å²) in [6.07, 6.45) is 5.01. The molecule has 0 atom stereocenters. The summed E-state index contributed by atoms with van der Waals surface area (Å²) < 4.78 is 0. The van der Waals surface area contributed by atoms with Crippen molar-refractivity contribution in [2.24, 2.45) is 0 Å². The molecule has 0 spiro atoms. The van der Waals surface area contributed by atoms with E-state index in [1.807, 2.05) is 54.6 Å². The second kappa shape index (κ2) is 11.9. The molecule has 0 aliphatic rings. The fraction of sp³-hybridized carbons (Fsp3) is 0. The van der Waals surface area contributed by atoms with Crippen LogP contribution in [0.1, 0.15) is 0 Å². The van der Waals surface area contributed by atoms with Gasteiger partial charge in [-0.15, -0.1) is 0 Å². The number of fused-ring (bicyclic) bond motifs is 3. The summed E-state index contributed by atoms with van der Waals surface area (Å²) in [5.74, 6) is 0.717. The molecule has 0 aliphatic carbocycles. The maximum Gasteiger partial charge on any atom is 3.00 e. The van der Waals surface area contributed by atoms with Gasteiger partial charge in [0.05, 0.1) is 0 Å². The summed E-state index contributed by atoms with van der Waals surface area (Å²) in [4.78, 5) is 12.1.